The van der Waals surface area contributed by atoms with Crippen LogP contribution in [0.1, 0.15) is 0 Å². The molecule has 0 amide bonds. The van der Waals surface area contributed by atoms with E-state index in [1.807, 2.05) is 0 Å². The molecular weight excluding hydrogens is 272 g/mol. The summed E-state index contributed by atoms with van der Waals surface area (Å²) in [6, 6.07) is 0. The zero-order valence-corrected chi connectivity index (χ0v) is 9.08. The summed E-state index contributed by atoms with van der Waals surface area (Å²) in [5, 5.41) is 37.5. The van der Waals surface area contributed by atoms with Gasteiger partial charge in [-0.05, 0) is 0 Å². The van der Waals surface area contributed by atoms with Crippen molar-refractivity contribution in [2.75, 3.05) is 0 Å². The molecule has 0 atom stereocenters. The van der Waals surface area contributed by atoms with Crippen LogP contribution in [0.15, 0.2) is 0 Å². The molecule has 0 aromatic carbocycles. The molecular formula is C6H2CrN6O4-6. The van der Waals surface area contributed by atoms with Crippen molar-refractivity contribution in [2.45, 2.75) is 0 Å². The van der Waals surface area contributed by atoms with Crippen molar-refractivity contribution in [2.24, 2.45) is 0 Å². The Morgan fingerprint density at radius 2 is 0.529 bits per heavy atom. The Morgan fingerprint density at radius 3 is 0.529 bits per heavy atom. The Balaban J connectivity index is -0.0000000147. The van der Waals surface area contributed by atoms with Gasteiger partial charge in [0.2, 0.25) is 0 Å². The van der Waals surface area contributed by atoms with E-state index in [9.17, 15) is 0 Å². The number of hydrogen-bond donors (Lipinski definition) is 2. The Bertz CT molecular complexity index is 254. The van der Waals surface area contributed by atoms with E-state index < -0.39 is 13.6 Å². The predicted octanol–water partition coefficient (Wildman–Crippen LogP) is -0.776. The summed E-state index contributed by atoms with van der Waals surface area (Å²) in [6.07, 6.45) is 0. The van der Waals surface area contributed by atoms with Gasteiger partial charge in [0.15, 0.2) is 0 Å². The van der Waals surface area contributed by atoms with Gasteiger partial charge in [-0.2, -0.15) is 0 Å². The fourth-order valence-corrected chi connectivity index (χ4v) is 0. The van der Waals surface area contributed by atoms with Gasteiger partial charge in [0.05, 0.1) is 0 Å². The topological polar surface area (TPSA) is 217 Å². The van der Waals surface area contributed by atoms with E-state index in [0.717, 1.165) is 0 Å². The molecule has 0 aromatic rings. The average molecular weight is 274 g/mol. The third-order valence-corrected chi connectivity index (χ3v) is 0. The van der Waals surface area contributed by atoms with E-state index in [0.29, 0.717) is 0 Å². The molecule has 2 N–H and O–H groups in total. The zero-order valence-electron chi connectivity index (χ0n) is 7.80. The molecule has 0 unspecified atom stereocenters. The van der Waals surface area contributed by atoms with E-state index in [1.165, 1.54) is 0 Å². The molecule has 0 aliphatic heterocycles. The SMILES string of the molecule is [C-]#N.[C-]#N.[C-]#N.[C-]#N.[C-]#N.[C-]#N.[O]=[Cr](=[O])([OH])[OH]. The molecule has 92 valence electrons. The van der Waals surface area contributed by atoms with Crippen LogP contribution < -0.4 is 0 Å². The second-order valence-corrected chi connectivity index (χ2v) is 1.85. The average Bonchev–Trinajstić information content (AvgIpc) is 2.41. The van der Waals surface area contributed by atoms with Crippen LogP contribution in [0.25, 0.3) is 0 Å². The molecule has 0 aliphatic rings. The molecule has 11 heteroatoms. The molecule has 0 rings (SSSR count). The van der Waals surface area contributed by atoms with E-state index in [1.54, 1.807) is 0 Å². The fraction of sp³-hybridized carbons (Fsp3) is 0. The zero-order chi connectivity index (χ0) is 16.5. The second kappa shape index (κ2) is 209. The molecule has 0 fully saturated rings. The summed E-state index contributed by atoms with van der Waals surface area (Å²) >= 11 is -5.25. The first kappa shape index (κ1) is 48.3. The quantitative estimate of drug-likeness (QED) is 0.524. The second-order valence-electron chi connectivity index (χ2n) is 0.448. The monoisotopic (exact) mass is 274 g/mol. The van der Waals surface area contributed by atoms with Gasteiger partial charge in [-0.3, -0.25) is 0 Å². The number of hydrogen-bond acceptors (Lipinski definition) is 8. The van der Waals surface area contributed by atoms with Crippen molar-refractivity contribution in [3.8, 4) is 0 Å². The maximum atomic E-state index is 8.82. The molecule has 0 aliphatic carbocycles. The van der Waals surface area contributed by atoms with Gasteiger partial charge in [-0.15, -0.1) is 0 Å². The maximum absolute atomic E-state index is 8.82. The summed E-state index contributed by atoms with van der Waals surface area (Å²) in [4.78, 5) is 0. The van der Waals surface area contributed by atoms with E-state index in [2.05, 4.69) is 0 Å². The standard InChI is InChI=1S/6CN.Cr.2H2O.2O/c6*1-2;;;;;/h;;;;;;;2*1H2;;/q6*-1;+2;;;;/p-2. The summed E-state index contributed by atoms with van der Waals surface area (Å²) < 4.78 is 31.9. The van der Waals surface area contributed by atoms with Gasteiger partial charge in [0.1, 0.15) is 0 Å². The van der Waals surface area contributed by atoms with Gasteiger partial charge in [-0.25, -0.2) is 0 Å². The molecule has 10 nitrogen and oxygen atoms in total. The Hall–Kier alpha value is -3.01. The van der Waals surface area contributed by atoms with Crippen LogP contribution in [0.5, 0.6) is 0 Å². The molecule has 0 bridgehead atoms. The van der Waals surface area contributed by atoms with Crippen molar-refractivity contribution < 1.29 is 29.5 Å². The third-order valence-electron chi connectivity index (χ3n) is 0. The van der Waals surface area contributed by atoms with Crippen molar-refractivity contribution in [3.63, 3.8) is 0 Å². The molecule has 17 heavy (non-hydrogen) atoms. The van der Waals surface area contributed by atoms with Crippen LogP contribution in [-0.2, 0) is 21.2 Å². The first-order valence-corrected chi connectivity index (χ1v) is 4.22. The summed E-state index contributed by atoms with van der Waals surface area (Å²) in [5.41, 5.74) is 0. The van der Waals surface area contributed by atoms with Crippen LogP contribution in [0.4, 0.5) is 0 Å². The molecule has 0 saturated carbocycles. The van der Waals surface area contributed by atoms with Gasteiger partial charge in [0, 0.05) is 0 Å². The van der Waals surface area contributed by atoms with Crippen molar-refractivity contribution >= 4 is 0 Å². The summed E-state index contributed by atoms with van der Waals surface area (Å²) in [5.74, 6) is 0. The van der Waals surface area contributed by atoms with Crippen LogP contribution in [-0.4, -0.2) is 8.32 Å². The molecule has 0 spiro atoms. The Kier molecular flexibility index (Phi) is 593. The first-order valence-electron chi connectivity index (χ1n) is 2.04. The normalized spacial score (nSPS) is 4.12. The molecule has 0 radical (unpaired) electrons. The van der Waals surface area contributed by atoms with Crippen molar-refractivity contribution in [1.29, 1.82) is 31.6 Å². The molecule has 0 heterocycles. The minimum absolute atomic E-state index is 4.75. The number of nitrogens with zero attached hydrogens (tertiary/aromatic N) is 6. The van der Waals surface area contributed by atoms with E-state index in [-0.39, 0.29) is 0 Å². The van der Waals surface area contributed by atoms with E-state index >= 15 is 0 Å². The van der Waals surface area contributed by atoms with Gasteiger partial charge < -0.3 is 71.0 Å². The molecule has 0 aromatic heterocycles. The minimum atomic E-state index is -5.25. The van der Waals surface area contributed by atoms with E-state index in [4.69, 9.17) is 86.9 Å². The Labute approximate surface area is 101 Å². The van der Waals surface area contributed by atoms with Crippen molar-refractivity contribution in [3.05, 3.63) is 39.4 Å². The summed E-state index contributed by atoms with van der Waals surface area (Å²) in [6.45, 7) is 28.5. The van der Waals surface area contributed by atoms with Crippen LogP contribution >= 0.6 is 0 Å². The number of rotatable bonds is 0. The predicted molar refractivity (Wildman–Crippen MR) is 35.6 cm³/mol. The Morgan fingerprint density at radius 1 is 0.529 bits per heavy atom. The van der Waals surface area contributed by atoms with Crippen LogP contribution in [0.3, 0.4) is 0 Å². The third kappa shape index (κ3) is 174. The molecule has 0 saturated heterocycles. The van der Waals surface area contributed by atoms with Gasteiger partial charge >= 0.3 is 29.5 Å². The van der Waals surface area contributed by atoms with Gasteiger partial charge in [-0.1, -0.05) is 0 Å². The van der Waals surface area contributed by atoms with Crippen LogP contribution in [0, 0.1) is 71.0 Å². The summed E-state index contributed by atoms with van der Waals surface area (Å²) in [7, 11) is 0. The fourth-order valence-electron chi connectivity index (χ4n) is 0. The first-order chi connectivity index (χ1) is 8.00. The van der Waals surface area contributed by atoms with Crippen molar-refractivity contribution in [1.82, 2.24) is 0 Å². The van der Waals surface area contributed by atoms with Gasteiger partial charge in [0.25, 0.3) is 0 Å². The van der Waals surface area contributed by atoms with Crippen LogP contribution in [0.2, 0.25) is 0 Å².